The van der Waals surface area contributed by atoms with Gasteiger partial charge in [-0.05, 0) is 46.6 Å². The molecule has 0 saturated carbocycles. The zero-order valence-electron chi connectivity index (χ0n) is 15.0. The molecule has 0 bridgehead atoms. The molecule has 0 unspecified atom stereocenters. The Hall–Kier alpha value is -3.01. The Labute approximate surface area is 171 Å². The third-order valence-electron chi connectivity index (χ3n) is 4.26. The minimum absolute atomic E-state index is 0.0450. The molecule has 0 aliphatic heterocycles. The van der Waals surface area contributed by atoms with Gasteiger partial charge in [-0.25, -0.2) is 4.68 Å². The molecule has 0 radical (unpaired) electrons. The van der Waals surface area contributed by atoms with E-state index in [1.807, 2.05) is 31.2 Å². The van der Waals surface area contributed by atoms with Crippen molar-refractivity contribution in [2.24, 2.45) is 0 Å². The van der Waals surface area contributed by atoms with Crippen molar-refractivity contribution in [3.05, 3.63) is 64.3 Å². The van der Waals surface area contributed by atoms with E-state index in [4.69, 9.17) is 4.52 Å². The molecule has 2 aromatic carbocycles. The second kappa shape index (κ2) is 7.43. The lowest BCUT2D eigenvalue weighted by atomic mass is 10.1. The fourth-order valence-electron chi connectivity index (χ4n) is 2.87. The van der Waals surface area contributed by atoms with E-state index in [-0.39, 0.29) is 17.3 Å². The minimum Gasteiger partial charge on any atom is -0.332 e. The van der Waals surface area contributed by atoms with Crippen molar-refractivity contribution in [3.8, 4) is 28.7 Å². The topological polar surface area (TPSA) is 69.6 Å². The fourth-order valence-corrected chi connectivity index (χ4v) is 3.33. The Kier molecular flexibility index (Phi) is 4.95. The number of aromatic nitrogens is 5. The van der Waals surface area contributed by atoms with Crippen molar-refractivity contribution in [2.45, 2.75) is 19.5 Å². The van der Waals surface area contributed by atoms with Gasteiger partial charge < -0.3 is 4.52 Å². The summed E-state index contributed by atoms with van der Waals surface area (Å²) in [6.45, 7) is 1.93. The van der Waals surface area contributed by atoms with Gasteiger partial charge in [-0.15, -0.1) is 5.10 Å². The Bertz CT molecular complexity index is 1170. The molecule has 0 spiro atoms. The summed E-state index contributed by atoms with van der Waals surface area (Å²) >= 11 is 3.49. The number of hydrogen-bond donors (Lipinski definition) is 0. The van der Waals surface area contributed by atoms with Crippen molar-refractivity contribution in [1.82, 2.24) is 25.1 Å². The second-order valence-electron chi connectivity index (χ2n) is 6.10. The highest BCUT2D eigenvalue weighted by molar-refractivity contribution is 9.10. The van der Waals surface area contributed by atoms with Gasteiger partial charge in [-0.1, -0.05) is 41.6 Å². The van der Waals surface area contributed by atoms with Gasteiger partial charge >= 0.3 is 6.18 Å². The molecule has 4 aromatic rings. The first-order valence-corrected chi connectivity index (χ1v) is 9.39. The predicted octanol–water partition coefficient (Wildman–Crippen LogP) is 5.33. The lowest BCUT2D eigenvalue weighted by molar-refractivity contribution is -0.137. The third kappa shape index (κ3) is 3.67. The van der Waals surface area contributed by atoms with Crippen LogP contribution in [0.1, 0.15) is 18.2 Å². The molecule has 2 aromatic heterocycles. The molecule has 0 saturated heterocycles. The number of hydrogen-bond acceptors (Lipinski definition) is 5. The van der Waals surface area contributed by atoms with Crippen LogP contribution in [0.3, 0.4) is 0 Å². The maximum Gasteiger partial charge on any atom is 0.416 e. The second-order valence-corrected chi connectivity index (χ2v) is 6.96. The quantitative estimate of drug-likeness (QED) is 0.409. The molecule has 6 nitrogen and oxygen atoms in total. The van der Waals surface area contributed by atoms with Gasteiger partial charge in [0.25, 0.3) is 5.89 Å². The summed E-state index contributed by atoms with van der Waals surface area (Å²) in [6, 6.07) is 12.3. The Balaban J connectivity index is 1.74. The molecular weight excluding hydrogens is 451 g/mol. The van der Waals surface area contributed by atoms with Crippen molar-refractivity contribution >= 4 is 15.9 Å². The van der Waals surface area contributed by atoms with E-state index in [0.29, 0.717) is 12.1 Å². The van der Waals surface area contributed by atoms with Crippen LogP contribution in [0, 0.1) is 0 Å². The summed E-state index contributed by atoms with van der Waals surface area (Å²) in [4.78, 5) is 4.24. The van der Waals surface area contributed by atoms with Crippen LogP contribution in [-0.2, 0) is 12.6 Å². The molecule has 0 N–H and O–H groups in total. The molecule has 0 aliphatic carbocycles. The lowest BCUT2D eigenvalue weighted by Gasteiger charge is -2.07. The van der Waals surface area contributed by atoms with Gasteiger partial charge in [0.2, 0.25) is 5.82 Å². The molecular formula is C19H13BrF3N5O. The van der Waals surface area contributed by atoms with Crippen LogP contribution in [0.15, 0.2) is 57.5 Å². The maximum absolute atomic E-state index is 13.0. The van der Waals surface area contributed by atoms with Gasteiger partial charge in [0.15, 0.2) is 5.69 Å². The van der Waals surface area contributed by atoms with Crippen molar-refractivity contribution < 1.29 is 17.7 Å². The number of rotatable bonds is 4. The molecule has 0 amide bonds. The number of halogens is 4. The molecule has 2 heterocycles. The molecule has 148 valence electrons. The molecule has 10 heteroatoms. The average Bonchev–Trinajstić information content (AvgIpc) is 3.34. The smallest absolute Gasteiger partial charge is 0.332 e. The van der Waals surface area contributed by atoms with Gasteiger partial charge in [0, 0.05) is 10.0 Å². The van der Waals surface area contributed by atoms with Gasteiger partial charge in [-0.3, -0.25) is 0 Å². The number of para-hydroxylation sites is 1. The first-order chi connectivity index (χ1) is 13.9. The first kappa shape index (κ1) is 19.3. The van der Waals surface area contributed by atoms with E-state index in [1.165, 1.54) is 12.1 Å². The molecule has 0 atom stereocenters. The van der Waals surface area contributed by atoms with Gasteiger partial charge in [0.1, 0.15) is 0 Å². The predicted molar refractivity (Wildman–Crippen MR) is 102 cm³/mol. The summed E-state index contributed by atoms with van der Waals surface area (Å²) in [5.41, 5.74) is 1.33. The van der Waals surface area contributed by atoms with Gasteiger partial charge in [-0.2, -0.15) is 18.2 Å². The van der Waals surface area contributed by atoms with Crippen molar-refractivity contribution in [1.29, 1.82) is 0 Å². The first-order valence-electron chi connectivity index (χ1n) is 8.59. The Morgan fingerprint density at radius 3 is 2.62 bits per heavy atom. The van der Waals surface area contributed by atoms with Crippen LogP contribution in [0.2, 0.25) is 0 Å². The summed E-state index contributed by atoms with van der Waals surface area (Å²) in [5, 5.41) is 12.2. The highest BCUT2D eigenvalue weighted by Crippen LogP contribution is 2.32. The summed E-state index contributed by atoms with van der Waals surface area (Å²) < 4.78 is 46.7. The van der Waals surface area contributed by atoms with E-state index in [2.05, 4.69) is 36.4 Å². The average molecular weight is 464 g/mol. The largest absolute Gasteiger partial charge is 0.416 e. The van der Waals surface area contributed by atoms with E-state index in [1.54, 1.807) is 4.68 Å². The van der Waals surface area contributed by atoms with Crippen LogP contribution in [0.4, 0.5) is 13.2 Å². The Morgan fingerprint density at radius 1 is 1.10 bits per heavy atom. The molecule has 0 fully saturated rings. The van der Waals surface area contributed by atoms with Gasteiger partial charge in [0.05, 0.1) is 16.9 Å². The highest BCUT2D eigenvalue weighted by atomic mass is 79.9. The number of benzene rings is 2. The fraction of sp³-hybridized carbons (Fsp3) is 0.158. The van der Waals surface area contributed by atoms with Crippen molar-refractivity contribution in [2.75, 3.05) is 0 Å². The normalized spacial score (nSPS) is 11.8. The monoisotopic (exact) mass is 463 g/mol. The summed E-state index contributed by atoms with van der Waals surface area (Å²) in [7, 11) is 0. The van der Waals surface area contributed by atoms with Crippen LogP contribution in [-0.4, -0.2) is 25.1 Å². The van der Waals surface area contributed by atoms with Crippen LogP contribution >= 0.6 is 15.9 Å². The zero-order chi connectivity index (χ0) is 20.6. The van der Waals surface area contributed by atoms with Crippen LogP contribution in [0.5, 0.6) is 0 Å². The molecule has 4 rings (SSSR count). The third-order valence-corrected chi connectivity index (χ3v) is 4.93. The SMILES string of the molecule is CCc1c(-c2nc(-c3cccc(C(F)(F)F)c3)no2)nnn1-c1ccccc1Br. The standard InChI is InChI=1S/C19H13BrF3N5O/c1-2-14-16(25-27-28(14)15-9-4-3-8-13(15)20)18-24-17(26-29-18)11-6-5-7-12(10-11)19(21,22)23/h3-10H,2H2,1H3. The molecule has 0 aliphatic rings. The number of nitrogens with zero attached hydrogens (tertiary/aromatic N) is 5. The Morgan fingerprint density at radius 2 is 1.90 bits per heavy atom. The van der Waals surface area contributed by atoms with Crippen LogP contribution in [0.25, 0.3) is 28.7 Å². The zero-order valence-corrected chi connectivity index (χ0v) is 16.6. The van der Waals surface area contributed by atoms with E-state index >= 15 is 0 Å². The summed E-state index contributed by atoms with van der Waals surface area (Å²) in [6.07, 6.45) is -3.88. The summed E-state index contributed by atoms with van der Waals surface area (Å²) in [5.74, 6) is 0.135. The van der Waals surface area contributed by atoms with E-state index < -0.39 is 11.7 Å². The highest BCUT2D eigenvalue weighted by Gasteiger charge is 2.31. The van der Waals surface area contributed by atoms with E-state index in [0.717, 1.165) is 28.0 Å². The molecule has 29 heavy (non-hydrogen) atoms. The van der Waals surface area contributed by atoms with Crippen LogP contribution < -0.4 is 0 Å². The van der Waals surface area contributed by atoms with E-state index in [9.17, 15) is 13.2 Å². The lowest BCUT2D eigenvalue weighted by Crippen LogP contribution is -2.04. The van der Waals surface area contributed by atoms with Crippen molar-refractivity contribution in [3.63, 3.8) is 0 Å². The number of alkyl halides is 3. The maximum atomic E-state index is 13.0. The minimum atomic E-state index is -4.45.